The summed E-state index contributed by atoms with van der Waals surface area (Å²) >= 11 is 0. The van der Waals surface area contributed by atoms with E-state index in [1.807, 2.05) is 13.8 Å². The summed E-state index contributed by atoms with van der Waals surface area (Å²) in [6, 6.07) is 5.28. The SMILES string of the molecule is CC(C)CN(CCC(=N)N)S(=O)(=O)c1ccccc1F. The molecule has 0 saturated carbocycles. The zero-order chi connectivity index (χ0) is 15.3. The van der Waals surface area contributed by atoms with E-state index in [0.29, 0.717) is 0 Å². The van der Waals surface area contributed by atoms with Crippen LogP contribution in [0.3, 0.4) is 0 Å². The lowest BCUT2D eigenvalue weighted by molar-refractivity contribution is 0.372. The third kappa shape index (κ3) is 4.28. The van der Waals surface area contributed by atoms with E-state index in [9.17, 15) is 12.8 Å². The topological polar surface area (TPSA) is 87.2 Å². The zero-order valence-electron chi connectivity index (χ0n) is 11.6. The molecule has 0 fully saturated rings. The van der Waals surface area contributed by atoms with E-state index in [0.717, 1.165) is 6.07 Å². The maximum atomic E-state index is 13.7. The van der Waals surface area contributed by atoms with Gasteiger partial charge in [0.15, 0.2) is 0 Å². The number of nitrogens with one attached hydrogen (secondary N) is 1. The fourth-order valence-electron chi connectivity index (χ4n) is 1.76. The number of rotatable bonds is 7. The Morgan fingerprint density at radius 1 is 1.40 bits per heavy atom. The highest BCUT2D eigenvalue weighted by molar-refractivity contribution is 7.89. The van der Waals surface area contributed by atoms with Gasteiger partial charge in [-0.15, -0.1) is 0 Å². The summed E-state index contributed by atoms with van der Waals surface area (Å²) in [5.74, 6) is -0.782. The van der Waals surface area contributed by atoms with Crippen LogP contribution in [0.25, 0.3) is 0 Å². The normalized spacial score (nSPS) is 12.1. The molecule has 0 bridgehead atoms. The molecule has 0 saturated heterocycles. The van der Waals surface area contributed by atoms with Crippen LogP contribution in [-0.2, 0) is 10.0 Å². The van der Waals surface area contributed by atoms with Gasteiger partial charge in [0.05, 0.1) is 5.84 Å². The number of halogens is 1. The molecule has 1 aromatic carbocycles. The quantitative estimate of drug-likeness (QED) is 0.594. The van der Waals surface area contributed by atoms with E-state index < -0.39 is 15.8 Å². The molecule has 3 N–H and O–H groups in total. The highest BCUT2D eigenvalue weighted by Gasteiger charge is 2.27. The van der Waals surface area contributed by atoms with E-state index in [-0.39, 0.29) is 36.2 Å². The van der Waals surface area contributed by atoms with Crippen molar-refractivity contribution in [1.29, 1.82) is 5.41 Å². The Morgan fingerprint density at radius 3 is 2.50 bits per heavy atom. The van der Waals surface area contributed by atoms with E-state index in [4.69, 9.17) is 11.1 Å². The molecule has 0 aromatic heterocycles. The third-order valence-electron chi connectivity index (χ3n) is 2.65. The number of amidine groups is 1. The fraction of sp³-hybridized carbons (Fsp3) is 0.462. The van der Waals surface area contributed by atoms with Crippen LogP contribution in [0.15, 0.2) is 29.2 Å². The largest absolute Gasteiger partial charge is 0.388 e. The van der Waals surface area contributed by atoms with Gasteiger partial charge in [-0.25, -0.2) is 12.8 Å². The van der Waals surface area contributed by atoms with E-state index >= 15 is 0 Å². The molecule has 5 nitrogen and oxygen atoms in total. The Labute approximate surface area is 119 Å². The van der Waals surface area contributed by atoms with Gasteiger partial charge in [-0.2, -0.15) is 4.31 Å². The third-order valence-corrected chi connectivity index (χ3v) is 4.55. The number of hydrogen-bond donors (Lipinski definition) is 2. The number of nitrogens with two attached hydrogens (primary N) is 1. The van der Waals surface area contributed by atoms with Crippen molar-refractivity contribution in [3.05, 3.63) is 30.1 Å². The molecule has 0 aliphatic carbocycles. The first-order valence-electron chi connectivity index (χ1n) is 6.32. The van der Waals surface area contributed by atoms with Crippen molar-refractivity contribution in [3.63, 3.8) is 0 Å². The maximum Gasteiger partial charge on any atom is 0.246 e. The van der Waals surface area contributed by atoms with Crippen LogP contribution in [0.2, 0.25) is 0 Å². The summed E-state index contributed by atoms with van der Waals surface area (Å²) in [4.78, 5) is -0.343. The molecule has 0 aliphatic heterocycles. The van der Waals surface area contributed by atoms with Gasteiger partial charge in [0.25, 0.3) is 0 Å². The molecule has 0 unspecified atom stereocenters. The lowest BCUT2D eigenvalue weighted by Gasteiger charge is -2.24. The molecule has 0 radical (unpaired) electrons. The molecule has 20 heavy (non-hydrogen) atoms. The first-order chi connectivity index (χ1) is 9.25. The molecule has 0 spiro atoms. The lowest BCUT2D eigenvalue weighted by Crippen LogP contribution is -2.37. The van der Waals surface area contributed by atoms with Gasteiger partial charge >= 0.3 is 0 Å². The Hall–Kier alpha value is -1.47. The molecule has 0 atom stereocenters. The zero-order valence-corrected chi connectivity index (χ0v) is 12.5. The summed E-state index contributed by atoms with van der Waals surface area (Å²) in [7, 11) is -3.92. The van der Waals surface area contributed by atoms with Crippen LogP contribution in [0.1, 0.15) is 20.3 Å². The summed E-state index contributed by atoms with van der Waals surface area (Å²) in [6.45, 7) is 4.07. The number of hydrogen-bond acceptors (Lipinski definition) is 3. The number of nitrogens with zero attached hydrogens (tertiary/aromatic N) is 1. The molecule has 7 heteroatoms. The first-order valence-corrected chi connectivity index (χ1v) is 7.76. The minimum Gasteiger partial charge on any atom is -0.388 e. The number of benzene rings is 1. The van der Waals surface area contributed by atoms with Gasteiger partial charge < -0.3 is 5.73 Å². The van der Waals surface area contributed by atoms with Crippen molar-refractivity contribution >= 4 is 15.9 Å². The van der Waals surface area contributed by atoms with Crippen LogP contribution in [0.5, 0.6) is 0 Å². The van der Waals surface area contributed by atoms with Gasteiger partial charge in [0.1, 0.15) is 10.7 Å². The number of sulfonamides is 1. The van der Waals surface area contributed by atoms with Crippen molar-refractivity contribution in [2.45, 2.75) is 25.2 Å². The molecular weight excluding hydrogens is 281 g/mol. The van der Waals surface area contributed by atoms with Crippen molar-refractivity contribution in [2.75, 3.05) is 13.1 Å². The monoisotopic (exact) mass is 301 g/mol. The lowest BCUT2D eigenvalue weighted by atomic mass is 10.2. The second kappa shape index (κ2) is 6.81. The molecule has 0 amide bonds. The molecule has 0 aliphatic rings. The summed E-state index contributed by atoms with van der Waals surface area (Å²) in [6.07, 6.45) is 0.125. The molecule has 1 aromatic rings. The Kier molecular flexibility index (Phi) is 5.64. The Balaban J connectivity index is 3.10. The fourth-order valence-corrected chi connectivity index (χ4v) is 3.42. The second-order valence-corrected chi connectivity index (χ2v) is 6.87. The Morgan fingerprint density at radius 2 is 2.00 bits per heavy atom. The van der Waals surface area contributed by atoms with Crippen molar-refractivity contribution in [2.24, 2.45) is 11.7 Å². The van der Waals surface area contributed by atoms with Crippen LogP contribution in [0, 0.1) is 17.1 Å². The van der Waals surface area contributed by atoms with Crippen LogP contribution in [0.4, 0.5) is 4.39 Å². The summed E-state index contributed by atoms with van der Waals surface area (Å²) in [5.41, 5.74) is 5.27. The predicted octanol–water partition coefficient (Wildman–Crippen LogP) is 1.80. The summed E-state index contributed by atoms with van der Waals surface area (Å²) < 4.78 is 39.8. The molecular formula is C13H20FN3O2S. The van der Waals surface area contributed by atoms with Gasteiger partial charge in [0.2, 0.25) is 10.0 Å². The van der Waals surface area contributed by atoms with E-state index in [1.54, 1.807) is 0 Å². The van der Waals surface area contributed by atoms with Gasteiger partial charge in [-0.3, -0.25) is 5.41 Å². The van der Waals surface area contributed by atoms with E-state index in [2.05, 4.69) is 0 Å². The minimum absolute atomic E-state index is 0.0736. The first kappa shape index (κ1) is 16.6. The van der Waals surface area contributed by atoms with Crippen molar-refractivity contribution in [1.82, 2.24) is 4.31 Å². The smallest absolute Gasteiger partial charge is 0.246 e. The second-order valence-electron chi connectivity index (χ2n) is 4.96. The van der Waals surface area contributed by atoms with Crippen molar-refractivity contribution in [3.8, 4) is 0 Å². The van der Waals surface area contributed by atoms with Gasteiger partial charge in [-0.1, -0.05) is 26.0 Å². The average Bonchev–Trinajstić information content (AvgIpc) is 2.34. The molecule has 0 heterocycles. The minimum atomic E-state index is -3.92. The van der Waals surface area contributed by atoms with E-state index in [1.165, 1.54) is 22.5 Å². The van der Waals surface area contributed by atoms with Crippen LogP contribution in [-0.4, -0.2) is 31.6 Å². The molecule has 1 rings (SSSR count). The standard InChI is InChI=1S/C13H20FN3O2S/c1-10(2)9-17(8-7-13(15)16)20(18,19)12-6-4-3-5-11(12)14/h3-6,10H,7-9H2,1-2H3,(H3,15,16). The molecule has 112 valence electrons. The van der Waals surface area contributed by atoms with Gasteiger partial charge in [-0.05, 0) is 18.1 Å². The van der Waals surface area contributed by atoms with Crippen molar-refractivity contribution < 1.29 is 12.8 Å². The predicted molar refractivity (Wildman–Crippen MR) is 76.5 cm³/mol. The highest BCUT2D eigenvalue weighted by Crippen LogP contribution is 2.20. The van der Waals surface area contributed by atoms with Gasteiger partial charge in [0, 0.05) is 19.5 Å². The van der Waals surface area contributed by atoms with Crippen LogP contribution >= 0.6 is 0 Å². The highest BCUT2D eigenvalue weighted by atomic mass is 32.2. The summed E-state index contributed by atoms with van der Waals surface area (Å²) in [5, 5.41) is 7.20. The Bertz CT molecular complexity index is 573. The van der Waals surface area contributed by atoms with Crippen LogP contribution < -0.4 is 5.73 Å². The maximum absolute atomic E-state index is 13.7. The average molecular weight is 301 g/mol.